The summed E-state index contributed by atoms with van der Waals surface area (Å²) >= 11 is 2.94. The summed E-state index contributed by atoms with van der Waals surface area (Å²) in [6.07, 6.45) is 3.70. The topological polar surface area (TPSA) is 62.3 Å². The van der Waals surface area contributed by atoms with Crippen LogP contribution in [0.25, 0.3) is 0 Å². The maximum atomic E-state index is 12.1. The summed E-state index contributed by atoms with van der Waals surface area (Å²) in [5.41, 5.74) is 1.63. The molecule has 2 aromatic heterocycles. The highest BCUT2D eigenvalue weighted by Gasteiger charge is 2.24. The van der Waals surface area contributed by atoms with Gasteiger partial charge in [0.25, 0.3) is 5.91 Å². The van der Waals surface area contributed by atoms with E-state index in [0.29, 0.717) is 36.6 Å². The predicted octanol–water partition coefficient (Wildman–Crippen LogP) is 3.31. The molecule has 0 aromatic carbocycles. The van der Waals surface area contributed by atoms with E-state index in [4.69, 9.17) is 0 Å². The van der Waals surface area contributed by atoms with Crippen LogP contribution >= 0.6 is 22.7 Å². The van der Waals surface area contributed by atoms with Crippen molar-refractivity contribution in [2.75, 3.05) is 11.9 Å². The second kappa shape index (κ2) is 7.06. The lowest BCUT2D eigenvalue weighted by molar-refractivity contribution is -0.132. The Bertz CT molecular complexity index is 722. The molecule has 1 N–H and O–H groups in total. The number of hydrogen-bond donors (Lipinski definition) is 1. The molecule has 7 heteroatoms. The van der Waals surface area contributed by atoms with Gasteiger partial charge in [0, 0.05) is 29.6 Å². The van der Waals surface area contributed by atoms with E-state index in [0.717, 1.165) is 17.0 Å². The molecule has 23 heavy (non-hydrogen) atoms. The smallest absolute Gasteiger partial charge is 0.258 e. The van der Waals surface area contributed by atoms with Gasteiger partial charge >= 0.3 is 0 Å². The molecule has 0 unspecified atom stereocenters. The number of anilines is 1. The zero-order chi connectivity index (χ0) is 16.2. The Kier molecular flexibility index (Phi) is 4.88. The van der Waals surface area contributed by atoms with Crippen LogP contribution in [0.3, 0.4) is 0 Å². The van der Waals surface area contributed by atoms with Gasteiger partial charge in [0.05, 0.1) is 17.8 Å². The van der Waals surface area contributed by atoms with Crippen molar-refractivity contribution in [1.29, 1.82) is 0 Å². The summed E-state index contributed by atoms with van der Waals surface area (Å²) < 4.78 is 0. The summed E-state index contributed by atoms with van der Waals surface area (Å²) in [5, 5.41) is 7.12. The molecule has 0 aliphatic carbocycles. The number of hydrogen-bond acceptors (Lipinski definition) is 5. The van der Waals surface area contributed by atoms with Gasteiger partial charge < -0.3 is 4.90 Å². The molecule has 0 fully saturated rings. The molecular weight excluding hydrogens is 330 g/mol. The number of nitrogens with zero attached hydrogens (tertiary/aromatic N) is 2. The Morgan fingerprint density at radius 3 is 3.09 bits per heavy atom. The summed E-state index contributed by atoms with van der Waals surface area (Å²) in [5.74, 6) is 0.00377. The van der Waals surface area contributed by atoms with Crippen LogP contribution in [0.15, 0.2) is 29.5 Å². The highest BCUT2D eigenvalue weighted by Crippen LogP contribution is 2.29. The van der Waals surface area contributed by atoms with Crippen LogP contribution in [-0.2, 0) is 17.8 Å². The number of thiazole rings is 1. The maximum absolute atomic E-state index is 12.1. The fraction of sp³-hybridized carbons (Fsp3) is 0.312. The molecule has 0 bridgehead atoms. The first kappa shape index (κ1) is 15.9. The van der Waals surface area contributed by atoms with E-state index in [9.17, 15) is 9.59 Å². The molecule has 0 saturated heterocycles. The number of rotatable bonds is 5. The van der Waals surface area contributed by atoms with Crippen LogP contribution in [-0.4, -0.2) is 28.2 Å². The van der Waals surface area contributed by atoms with E-state index in [1.165, 1.54) is 22.7 Å². The number of carbonyl (C=O) groups is 2. The van der Waals surface area contributed by atoms with Crippen LogP contribution < -0.4 is 5.32 Å². The van der Waals surface area contributed by atoms with Crippen molar-refractivity contribution in [2.45, 2.75) is 25.8 Å². The molecule has 0 radical (unpaired) electrons. The van der Waals surface area contributed by atoms with Crippen LogP contribution in [0, 0.1) is 0 Å². The Labute approximate surface area is 142 Å². The van der Waals surface area contributed by atoms with Crippen molar-refractivity contribution in [3.8, 4) is 0 Å². The van der Waals surface area contributed by atoms with Gasteiger partial charge in [-0.25, -0.2) is 4.98 Å². The highest BCUT2D eigenvalue weighted by molar-refractivity contribution is 7.16. The molecule has 0 saturated carbocycles. The normalized spacial score (nSPS) is 13.5. The third-order valence-corrected chi connectivity index (χ3v) is 5.33. The molecule has 3 rings (SSSR count). The molecule has 2 aromatic rings. The molecule has 1 aliphatic heterocycles. The molecule has 5 nitrogen and oxygen atoms in total. The Hall–Kier alpha value is -1.99. The van der Waals surface area contributed by atoms with Crippen molar-refractivity contribution >= 4 is 39.6 Å². The van der Waals surface area contributed by atoms with E-state index in [1.807, 2.05) is 15.7 Å². The lowest BCUT2D eigenvalue weighted by atomic mass is 10.1. The third-order valence-electron chi connectivity index (χ3n) is 3.65. The summed E-state index contributed by atoms with van der Waals surface area (Å²) in [7, 11) is 0. The van der Waals surface area contributed by atoms with Crippen LogP contribution in [0.1, 0.15) is 33.8 Å². The van der Waals surface area contributed by atoms with E-state index in [-0.39, 0.29) is 11.8 Å². The number of allylic oxidation sites excluding steroid dienone is 1. The van der Waals surface area contributed by atoms with Crippen molar-refractivity contribution in [3.05, 3.63) is 45.6 Å². The minimum atomic E-state index is -0.142. The van der Waals surface area contributed by atoms with E-state index in [1.54, 1.807) is 12.1 Å². The van der Waals surface area contributed by atoms with Crippen LogP contribution in [0.2, 0.25) is 0 Å². The van der Waals surface area contributed by atoms with Gasteiger partial charge in [0.2, 0.25) is 5.91 Å². The number of thiophene rings is 1. The monoisotopic (exact) mass is 347 g/mol. The molecule has 0 spiro atoms. The lowest BCUT2D eigenvalue weighted by Crippen LogP contribution is -2.35. The van der Waals surface area contributed by atoms with Gasteiger partial charge in [-0.1, -0.05) is 17.4 Å². The first-order valence-corrected chi connectivity index (χ1v) is 9.14. The Morgan fingerprint density at radius 2 is 2.35 bits per heavy atom. The number of aromatic nitrogens is 1. The van der Waals surface area contributed by atoms with E-state index in [2.05, 4.69) is 16.9 Å². The van der Waals surface area contributed by atoms with Gasteiger partial charge in [-0.3, -0.25) is 14.9 Å². The Balaban J connectivity index is 1.65. The molecule has 3 heterocycles. The lowest BCUT2D eigenvalue weighted by Gasteiger charge is -2.25. The Morgan fingerprint density at radius 1 is 1.48 bits per heavy atom. The van der Waals surface area contributed by atoms with Crippen LogP contribution in [0.4, 0.5) is 5.13 Å². The zero-order valence-corrected chi connectivity index (χ0v) is 14.2. The standard InChI is InChI=1S/C16H17N3O2S2/c1-2-3-4-14(20)19-7-5-12-13(9-19)23-16(17-12)18-15(21)11-6-8-22-10-11/h2,6,8,10H,1,3-5,7,9H2,(H,17,18,21). The number of carbonyl (C=O) groups excluding carboxylic acids is 2. The van der Waals surface area contributed by atoms with Crippen molar-refractivity contribution < 1.29 is 9.59 Å². The van der Waals surface area contributed by atoms with Gasteiger partial charge in [-0.05, 0) is 17.9 Å². The molecular formula is C16H17N3O2S2. The SMILES string of the molecule is C=CCCC(=O)N1CCc2nc(NC(=O)c3ccsc3)sc2C1. The minimum absolute atomic E-state index is 0.142. The fourth-order valence-electron chi connectivity index (χ4n) is 2.41. The molecule has 0 atom stereocenters. The van der Waals surface area contributed by atoms with Gasteiger partial charge in [0.15, 0.2) is 5.13 Å². The minimum Gasteiger partial charge on any atom is -0.337 e. The molecule has 120 valence electrons. The van der Waals surface area contributed by atoms with E-state index >= 15 is 0 Å². The summed E-state index contributed by atoms with van der Waals surface area (Å²) in [4.78, 5) is 31.6. The predicted molar refractivity (Wildman–Crippen MR) is 92.9 cm³/mol. The number of fused-ring (bicyclic) bond motifs is 1. The average molecular weight is 347 g/mol. The molecule has 2 amide bonds. The summed E-state index contributed by atoms with van der Waals surface area (Å²) in [6.45, 7) is 4.91. The van der Waals surface area contributed by atoms with Crippen LogP contribution in [0.5, 0.6) is 0 Å². The van der Waals surface area contributed by atoms with Crippen molar-refractivity contribution in [1.82, 2.24) is 9.88 Å². The largest absolute Gasteiger partial charge is 0.337 e. The zero-order valence-electron chi connectivity index (χ0n) is 12.6. The van der Waals surface area contributed by atoms with Gasteiger partial charge in [-0.2, -0.15) is 11.3 Å². The third kappa shape index (κ3) is 3.68. The second-order valence-corrected chi connectivity index (χ2v) is 7.11. The second-order valence-electron chi connectivity index (χ2n) is 5.25. The number of nitrogens with one attached hydrogen (secondary N) is 1. The van der Waals surface area contributed by atoms with Crippen molar-refractivity contribution in [3.63, 3.8) is 0 Å². The van der Waals surface area contributed by atoms with Crippen molar-refractivity contribution in [2.24, 2.45) is 0 Å². The van der Waals surface area contributed by atoms with Gasteiger partial charge in [-0.15, -0.1) is 6.58 Å². The first-order valence-electron chi connectivity index (χ1n) is 7.38. The fourth-order valence-corrected chi connectivity index (χ4v) is 4.06. The average Bonchev–Trinajstić information content (AvgIpc) is 3.20. The maximum Gasteiger partial charge on any atom is 0.258 e. The highest BCUT2D eigenvalue weighted by atomic mass is 32.1. The summed E-state index contributed by atoms with van der Waals surface area (Å²) in [6, 6.07) is 1.79. The quantitative estimate of drug-likeness (QED) is 0.844. The van der Waals surface area contributed by atoms with E-state index < -0.39 is 0 Å². The number of amides is 2. The first-order chi connectivity index (χ1) is 11.2. The molecule has 1 aliphatic rings. The van der Waals surface area contributed by atoms with Gasteiger partial charge in [0.1, 0.15) is 0 Å².